The number of alkyl halides is 2. The quantitative estimate of drug-likeness (QED) is 0.761. The third kappa shape index (κ3) is 2.62. The highest BCUT2D eigenvalue weighted by atomic mass is 32.3. The van der Waals surface area contributed by atoms with Gasteiger partial charge in [0.2, 0.25) is 0 Å². The van der Waals surface area contributed by atoms with E-state index in [-0.39, 0.29) is 5.75 Å². The summed E-state index contributed by atoms with van der Waals surface area (Å²) in [5.74, 6) is 0.0395. The summed E-state index contributed by atoms with van der Waals surface area (Å²) in [7, 11) is -3.91. The van der Waals surface area contributed by atoms with Crippen molar-refractivity contribution in [3.8, 4) is 5.75 Å². The molecule has 0 bridgehead atoms. The van der Waals surface area contributed by atoms with Gasteiger partial charge in [-0.05, 0) is 18.2 Å². The van der Waals surface area contributed by atoms with Crippen molar-refractivity contribution in [1.29, 1.82) is 0 Å². The lowest BCUT2D eigenvalue weighted by molar-refractivity contribution is 0.147. The minimum Gasteiger partial charge on any atom is -0.497 e. The normalized spacial score (nSPS) is 11.8. The maximum Gasteiger partial charge on any atom is 0.332 e. The molecule has 0 radical (unpaired) electrons. The Morgan fingerprint density at radius 1 is 1.33 bits per heavy atom. The number of hydrogen-bond acceptors (Lipinski definition) is 3. The van der Waals surface area contributed by atoms with Gasteiger partial charge in [-0.15, -0.1) is 3.89 Å². The highest BCUT2D eigenvalue weighted by molar-refractivity contribution is 7.86. The number of benzene rings is 1. The monoisotopic (exact) mass is 240 g/mol. The molecule has 0 aliphatic heterocycles. The van der Waals surface area contributed by atoms with Crippen LogP contribution < -0.4 is 4.74 Å². The molecule has 0 amide bonds. The molecule has 0 aliphatic rings. The number of ether oxygens (including phenoxy) is 1. The molecular weight excluding hydrogens is 233 g/mol. The third-order valence-electron chi connectivity index (χ3n) is 1.71. The summed E-state index contributed by atoms with van der Waals surface area (Å²) in [6.45, 7) is 0. The minimum atomic E-state index is -5.14. The van der Waals surface area contributed by atoms with Gasteiger partial charge >= 0.3 is 10.2 Å². The number of hydrogen-bond donors (Lipinski definition) is 0. The second-order valence-corrected chi connectivity index (χ2v) is 3.96. The molecule has 0 fully saturated rings. The van der Waals surface area contributed by atoms with Crippen molar-refractivity contribution in [2.75, 3.05) is 7.11 Å². The maximum atomic E-state index is 12.6. The first-order chi connectivity index (χ1) is 6.86. The van der Waals surface area contributed by atoms with Crippen molar-refractivity contribution in [3.63, 3.8) is 0 Å². The Labute approximate surface area is 84.7 Å². The van der Waals surface area contributed by atoms with Crippen LogP contribution in [-0.2, 0) is 10.2 Å². The van der Waals surface area contributed by atoms with E-state index in [9.17, 15) is 21.1 Å². The molecule has 0 N–H and O–H groups in total. The maximum absolute atomic E-state index is 12.6. The van der Waals surface area contributed by atoms with Crippen molar-refractivity contribution in [3.05, 3.63) is 23.8 Å². The smallest absolute Gasteiger partial charge is 0.332 e. The Morgan fingerprint density at radius 2 is 1.93 bits per heavy atom. The van der Waals surface area contributed by atoms with Crippen LogP contribution in [0.1, 0.15) is 12.0 Å². The number of methoxy groups -OCH3 is 1. The predicted octanol–water partition coefficient (Wildman–Crippen LogP) is 2.29. The molecule has 0 aliphatic carbocycles. The van der Waals surface area contributed by atoms with Crippen LogP contribution in [-0.4, -0.2) is 15.5 Å². The van der Waals surface area contributed by atoms with E-state index in [4.69, 9.17) is 0 Å². The zero-order valence-electron chi connectivity index (χ0n) is 7.58. The second-order valence-electron chi connectivity index (χ2n) is 2.64. The molecule has 0 spiro atoms. The van der Waals surface area contributed by atoms with E-state index in [1.54, 1.807) is 0 Å². The summed E-state index contributed by atoms with van der Waals surface area (Å²) in [5.41, 5.74) is -0.906. The fourth-order valence-electron chi connectivity index (χ4n) is 1.05. The molecule has 1 aromatic carbocycles. The average Bonchev–Trinajstić information content (AvgIpc) is 2.15. The molecule has 7 heteroatoms. The molecule has 15 heavy (non-hydrogen) atoms. The summed E-state index contributed by atoms with van der Waals surface area (Å²) in [6.07, 6.45) is -3.08. The highest BCUT2D eigenvalue weighted by Crippen LogP contribution is 2.30. The van der Waals surface area contributed by atoms with E-state index in [1.165, 1.54) is 7.11 Å². The van der Waals surface area contributed by atoms with Crippen LogP contribution in [0.25, 0.3) is 0 Å². The van der Waals surface area contributed by atoms with Gasteiger partial charge in [0, 0.05) is 5.56 Å². The minimum absolute atomic E-state index is 0.0395. The molecule has 3 nitrogen and oxygen atoms in total. The first-order valence-corrected chi connectivity index (χ1v) is 5.15. The van der Waals surface area contributed by atoms with Crippen LogP contribution >= 0.6 is 0 Å². The first kappa shape index (κ1) is 11.8. The van der Waals surface area contributed by atoms with Crippen LogP contribution in [0.5, 0.6) is 5.75 Å². The van der Waals surface area contributed by atoms with Gasteiger partial charge in [0.15, 0.2) is 0 Å². The molecule has 0 atom stereocenters. The SMILES string of the molecule is COc1ccc(S(=O)(=O)F)c(C(F)F)c1. The third-order valence-corrected chi connectivity index (χ3v) is 2.61. The van der Waals surface area contributed by atoms with Gasteiger partial charge in [-0.3, -0.25) is 0 Å². The Bertz CT molecular complexity index is 456. The summed E-state index contributed by atoms with van der Waals surface area (Å²) in [6, 6.07) is 2.63. The summed E-state index contributed by atoms with van der Waals surface area (Å²) < 4.78 is 63.0. The van der Waals surface area contributed by atoms with Gasteiger partial charge in [0.1, 0.15) is 10.6 Å². The Morgan fingerprint density at radius 3 is 2.33 bits per heavy atom. The van der Waals surface area contributed by atoms with Crippen molar-refractivity contribution < 1.29 is 25.8 Å². The van der Waals surface area contributed by atoms with Crippen LogP contribution in [0, 0.1) is 0 Å². The number of rotatable bonds is 3. The van der Waals surface area contributed by atoms with Gasteiger partial charge in [-0.2, -0.15) is 8.42 Å². The molecule has 0 aromatic heterocycles. The van der Waals surface area contributed by atoms with Crippen molar-refractivity contribution in [2.24, 2.45) is 0 Å². The summed E-state index contributed by atoms with van der Waals surface area (Å²) in [4.78, 5) is -1.03. The van der Waals surface area contributed by atoms with E-state index in [0.717, 1.165) is 18.2 Å². The standard InChI is InChI=1S/C8H7F3O3S/c1-14-5-2-3-7(15(11,12)13)6(4-5)8(9)10/h2-4,8H,1H3. The van der Waals surface area contributed by atoms with Crippen LogP contribution in [0.15, 0.2) is 23.1 Å². The fourth-order valence-corrected chi connectivity index (χ4v) is 1.71. The van der Waals surface area contributed by atoms with Crippen molar-refractivity contribution in [1.82, 2.24) is 0 Å². The fraction of sp³-hybridized carbons (Fsp3) is 0.250. The lowest BCUT2D eigenvalue weighted by Gasteiger charge is -2.07. The van der Waals surface area contributed by atoms with Crippen molar-refractivity contribution in [2.45, 2.75) is 11.3 Å². The summed E-state index contributed by atoms with van der Waals surface area (Å²) in [5, 5.41) is 0. The molecule has 1 aromatic rings. The lowest BCUT2D eigenvalue weighted by atomic mass is 10.2. The van der Waals surface area contributed by atoms with Crippen LogP contribution in [0.4, 0.5) is 12.7 Å². The van der Waals surface area contributed by atoms with E-state index in [0.29, 0.717) is 0 Å². The van der Waals surface area contributed by atoms with E-state index in [1.807, 2.05) is 0 Å². The number of halogens is 3. The van der Waals surface area contributed by atoms with Gasteiger partial charge in [-0.1, -0.05) is 0 Å². The topological polar surface area (TPSA) is 43.4 Å². The molecule has 0 saturated carbocycles. The molecular formula is C8H7F3O3S. The lowest BCUT2D eigenvalue weighted by Crippen LogP contribution is -2.00. The van der Waals surface area contributed by atoms with Crippen LogP contribution in [0.3, 0.4) is 0 Å². The zero-order chi connectivity index (χ0) is 11.6. The Kier molecular flexibility index (Phi) is 3.23. The van der Waals surface area contributed by atoms with Crippen LogP contribution in [0.2, 0.25) is 0 Å². The van der Waals surface area contributed by atoms with E-state index >= 15 is 0 Å². The molecule has 0 saturated heterocycles. The summed E-state index contributed by atoms with van der Waals surface area (Å²) >= 11 is 0. The molecule has 0 unspecified atom stereocenters. The Hall–Kier alpha value is -1.24. The Balaban J connectivity index is 3.41. The molecule has 1 rings (SSSR count). The van der Waals surface area contributed by atoms with E-state index in [2.05, 4.69) is 4.74 Å². The first-order valence-electron chi connectivity index (χ1n) is 3.77. The van der Waals surface area contributed by atoms with Gasteiger partial charge in [-0.25, -0.2) is 8.78 Å². The van der Waals surface area contributed by atoms with Gasteiger partial charge in [0.05, 0.1) is 7.11 Å². The molecule has 84 valence electrons. The highest BCUT2D eigenvalue weighted by Gasteiger charge is 2.23. The predicted molar refractivity (Wildman–Crippen MR) is 46.2 cm³/mol. The second kappa shape index (κ2) is 4.09. The average molecular weight is 240 g/mol. The van der Waals surface area contributed by atoms with E-state index < -0.39 is 27.1 Å². The zero-order valence-corrected chi connectivity index (χ0v) is 8.39. The van der Waals surface area contributed by atoms with Gasteiger partial charge in [0.25, 0.3) is 6.43 Å². The molecule has 0 heterocycles. The van der Waals surface area contributed by atoms with Gasteiger partial charge < -0.3 is 4.74 Å². The van der Waals surface area contributed by atoms with Crippen molar-refractivity contribution >= 4 is 10.2 Å². The largest absolute Gasteiger partial charge is 0.497 e.